The summed E-state index contributed by atoms with van der Waals surface area (Å²) >= 11 is 12.1. The van der Waals surface area contributed by atoms with Crippen LogP contribution in [0, 0.1) is 0 Å². The average Bonchev–Trinajstić information content (AvgIpc) is 2.83. The Kier molecular flexibility index (Phi) is 9.45. The van der Waals surface area contributed by atoms with Crippen LogP contribution in [-0.2, 0) is 20.1 Å². The second-order valence-electron chi connectivity index (χ2n) is 5.15. The minimum atomic E-state index is 0. The van der Waals surface area contributed by atoms with Gasteiger partial charge in [-0.25, -0.2) is 0 Å². The zero-order chi connectivity index (χ0) is 17.5. The van der Waals surface area contributed by atoms with E-state index in [9.17, 15) is 0 Å². The molecule has 0 atom stereocenters. The fourth-order valence-corrected chi connectivity index (χ4v) is 2.69. The van der Waals surface area contributed by atoms with Crippen LogP contribution < -0.4 is 15.4 Å². The maximum Gasteiger partial charge on any atom is 0.191 e. The summed E-state index contributed by atoms with van der Waals surface area (Å²) in [4.78, 5) is 4.23. The summed E-state index contributed by atoms with van der Waals surface area (Å²) < 4.78 is 7.47. The largest absolute Gasteiger partial charge is 0.494 e. The van der Waals surface area contributed by atoms with Crippen LogP contribution >= 0.6 is 47.2 Å². The summed E-state index contributed by atoms with van der Waals surface area (Å²) in [6.07, 6.45) is 0. The monoisotopic (exact) mass is 496 g/mol. The smallest absolute Gasteiger partial charge is 0.191 e. The molecule has 0 aliphatic heterocycles. The van der Waals surface area contributed by atoms with Crippen molar-refractivity contribution in [1.82, 2.24) is 15.2 Å². The predicted molar refractivity (Wildman–Crippen MR) is 115 cm³/mol. The Morgan fingerprint density at radius 1 is 1.20 bits per heavy atom. The van der Waals surface area contributed by atoms with E-state index in [1.807, 2.05) is 48.9 Å². The summed E-state index contributed by atoms with van der Waals surface area (Å²) in [6.45, 7) is 3.79. The molecule has 0 saturated carbocycles. The lowest BCUT2D eigenvalue weighted by atomic mass is 10.2. The van der Waals surface area contributed by atoms with Gasteiger partial charge in [0.25, 0.3) is 0 Å². The van der Waals surface area contributed by atoms with Gasteiger partial charge in [0.05, 0.1) is 18.2 Å². The van der Waals surface area contributed by atoms with Crippen molar-refractivity contribution < 1.29 is 4.74 Å². The molecule has 0 bridgehead atoms. The minimum absolute atomic E-state index is 0. The van der Waals surface area contributed by atoms with Gasteiger partial charge in [0.2, 0.25) is 0 Å². The van der Waals surface area contributed by atoms with Gasteiger partial charge in [0, 0.05) is 31.9 Å². The first-order valence-electron chi connectivity index (χ1n) is 7.71. The van der Waals surface area contributed by atoms with E-state index in [1.54, 1.807) is 7.05 Å². The van der Waals surface area contributed by atoms with Crippen molar-refractivity contribution in [1.29, 1.82) is 0 Å². The van der Waals surface area contributed by atoms with E-state index in [4.69, 9.17) is 27.9 Å². The molecule has 0 aliphatic rings. The van der Waals surface area contributed by atoms with Gasteiger partial charge in [-0.3, -0.25) is 4.99 Å². The van der Waals surface area contributed by atoms with Crippen LogP contribution in [0.25, 0.3) is 0 Å². The SMILES string of the molecule is CCOc1ccccc1CNC(=NC)NCc1cc(Cl)c(Cl)n1C.I. The van der Waals surface area contributed by atoms with Crippen LogP contribution in [0.1, 0.15) is 18.2 Å². The lowest BCUT2D eigenvalue weighted by molar-refractivity contribution is 0.336. The third-order valence-electron chi connectivity index (χ3n) is 3.60. The molecule has 8 heteroatoms. The molecule has 1 heterocycles. The lowest BCUT2D eigenvalue weighted by Gasteiger charge is -2.14. The predicted octanol–water partition coefficient (Wildman–Crippen LogP) is 4.21. The van der Waals surface area contributed by atoms with Gasteiger partial charge in [-0.05, 0) is 19.1 Å². The molecule has 1 aromatic carbocycles. The van der Waals surface area contributed by atoms with Crippen molar-refractivity contribution in [2.75, 3.05) is 13.7 Å². The van der Waals surface area contributed by atoms with Crippen LogP contribution in [0.5, 0.6) is 5.75 Å². The van der Waals surface area contributed by atoms with Gasteiger partial charge in [-0.15, -0.1) is 24.0 Å². The van der Waals surface area contributed by atoms with Crippen molar-refractivity contribution in [2.45, 2.75) is 20.0 Å². The summed E-state index contributed by atoms with van der Waals surface area (Å²) in [5.74, 6) is 1.57. The number of hydrogen-bond donors (Lipinski definition) is 2. The lowest BCUT2D eigenvalue weighted by Crippen LogP contribution is -2.36. The third kappa shape index (κ3) is 5.97. The number of rotatable bonds is 6. The van der Waals surface area contributed by atoms with E-state index in [-0.39, 0.29) is 24.0 Å². The van der Waals surface area contributed by atoms with Crippen molar-refractivity contribution >= 4 is 53.1 Å². The number of guanidine groups is 1. The number of ether oxygens (including phenoxy) is 1. The first kappa shape index (κ1) is 21.9. The molecule has 0 fully saturated rings. The van der Waals surface area contributed by atoms with Crippen molar-refractivity contribution in [3.8, 4) is 5.75 Å². The van der Waals surface area contributed by atoms with Crippen molar-refractivity contribution in [3.05, 3.63) is 51.8 Å². The fourth-order valence-electron chi connectivity index (χ4n) is 2.28. The number of nitrogens with zero attached hydrogens (tertiary/aromatic N) is 2. The zero-order valence-corrected chi connectivity index (χ0v) is 18.3. The standard InChI is InChI=1S/C17H22Cl2N4O.HI/c1-4-24-15-8-6-5-7-12(15)10-21-17(20-2)22-11-13-9-14(18)16(19)23(13)3;/h5-9H,4,10-11H2,1-3H3,(H2,20,21,22);1H. The number of para-hydroxylation sites is 1. The third-order valence-corrected chi connectivity index (χ3v) is 4.44. The molecule has 1 aromatic heterocycles. The summed E-state index contributed by atoms with van der Waals surface area (Å²) in [5.41, 5.74) is 2.05. The van der Waals surface area contributed by atoms with E-state index < -0.39 is 0 Å². The van der Waals surface area contributed by atoms with Gasteiger partial charge in [0.1, 0.15) is 10.9 Å². The molecule has 25 heavy (non-hydrogen) atoms. The summed E-state index contributed by atoms with van der Waals surface area (Å²) in [7, 11) is 3.61. The Labute approximate surface area is 175 Å². The van der Waals surface area contributed by atoms with E-state index >= 15 is 0 Å². The molecule has 2 rings (SSSR count). The molecule has 0 unspecified atom stereocenters. The highest BCUT2D eigenvalue weighted by Crippen LogP contribution is 2.24. The normalized spacial score (nSPS) is 11.0. The molecular weight excluding hydrogens is 474 g/mol. The Bertz CT molecular complexity index is 719. The molecule has 0 radical (unpaired) electrons. The zero-order valence-electron chi connectivity index (χ0n) is 14.5. The van der Waals surface area contributed by atoms with Crippen LogP contribution in [-0.4, -0.2) is 24.2 Å². The van der Waals surface area contributed by atoms with Crippen LogP contribution in [0.15, 0.2) is 35.3 Å². The highest BCUT2D eigenvalue weighted by Gasteiger charge is 2.09. The average molecular weight is 497 g/mol. The molecule has 5 nitrogen and oxygen atoms in total. The number of benzene rings is 1. The molecule has 0 amide bonds. The molecule has 0 aliphatic carbocycles. The summed E-state index contributed by atoms with van der Waals surface area (Å²) in [5, 5.41) is 7.60. The maximum absolute atomic E-state index is 6.08. The maximum atomic E-state index is 6.08. The number of halogens is 3. The second-order valence-corrected chi connectivity index (χ2v) is 5.92. The number of nitrogens with one attached hydrogen (secondary N) is 2. The van der Waals surface area contributed by atoms with E-state index in [2.05, 4.69) is 15.6 Å². The molecule has 0 saturated heterocycles. The second kappa shape index (κ2) is 10.8. The molecule has 2 aromatic rings. The number of aliphatic imine (C=N–C) groups is 1. The van der Waals surface area contributed by atoms with E-state index in [0.717, 1.165) is 17.0 Å². The van der Waals surface area contributed by atoms with Gasteiger partial charge >= 0.3 is 0 Å². The topological polar surface area (TPSA) is 50.6 Å². The Hall–Kier alpha value is -1.12. The van der Waals surface area contributed by atoms with Crippen LogP contribution in [0.3, 0.4) is 0 Å². The Morgan fingerprint density at radius 2 is 1.88 bits per heavy atom. The molecule has 138 valence electrons. The quantitative estimate of drug-likeness (QED) is 0.357. The minimum Gasteiger partial charge on any atom is -0.494 e. The van der Waals surface area contributed by atoms with Gasteiger partial charge < -0.3 is 19.9 Å². The van der Waals surface area contributed by atoms with Gasteiger partial charge in [-0.1, -0.05) is 41.4 Å². The van der Waals surface area contributed by atoms with E-state index in [1.165, 1.54) is 0 Å². The van der Waals surface area contributed by atoms with Gasteiger partial charge in [-0.2, -0.15) is 0 Å². The van der Waals surface area contributed by atoms with E-state index in [0.29, 0.717) is 35.8 Å². The highest BCUT2D eigenvalue weighted by atomic mass is 127. The van der Waals surface area contributed by atoms with Crippen LogP contribution in [0.2, 0.25) is 10.2 Å². The number of hydrogen-bond acceptors (Lipinski definition) is 2. The highest BCUT2D eigenvalue weighted by molar-refractivity contribution is 14.0. The Balaban J connectivity index is 0.00000312. The molecule has 0 spiro atoms. The Morgan fingerprint density at radius 3 is 2.48 bits per heavy atom. The molecular formula is C17H23Cl2IN4O. The van der Waals surface area contributed by atoms with Crippen molar-refractivity contribution in [2.24, 2.45) is 12.0 Å². The van der Waals surface area contributed by atoms with Crippen LogP contribution in [0.4, 0.5) is 0 Å². The van der Waals surface area contributed by atoms with Crippen molar-refractivity contribution in [3.63, 3.8) is 0 Å². The number of aromatic nitrogens is 1. The molecule has 2 N–H and O–H groups in total. The first-order valence-corrected chi connectivity index (χ1v) is 8.47. The fraction of sp³-hybridized carbons (Fsp3) is 0.353. The first-order chi connectivity index (χ1) is 11.6. The summed E-state index contributed by atoms with van der Waals surface area (Å²) in [6, 6.07) is 9.79. The van der Waals surface area contributed by atoms with Gasteiger partial charge in [0.15, 0.2) is 5.96 Å².